The van der Waals surface area contributed by atoms with E-state index in [-0.39, 0.29) is 11.9 Å². The van der Waals surface area contributed by atoms with Crippen molar-refractivity contribution in [2.75, 3.05) is 6.54 Å². The van der Waals surface area contributed by atoms with Gasteiger partial charge in [0.15, 0.2) is 0 Å². The van der Waals surface area contributed by atoms with Crippen LogP contribution in [0.3, 0.4) is 0 Å². The first-order valence-electron chi connectivity index (χ1n) is 7.89. The molecule has 22 heavy (non-hydrogen) atoms. The number of hydrogen-bond acceptors (Lipinski definition) is 4. The Labute approximate surface area is 135 Å². The molecule has 1 aliphatic rings. The first-order chi connectivity index (χ1) is 10.6. The Morgan fingerprint density at radius 2 is 2.32 bits per heavy atom. The van der Waals surface area contributed by atoms with Crippen molar-refractivity contribution in [1.29, 1.82) is 0 Å². The van der Waals surface area contributed by atoms with Crippen molar-refractivity contribution in [3.05, 3.63) is 38.9 Å². The second kappa shape index (κ2) is 6.24. The Hall–Kier alpha value is -1.62. The zero-order valence-corrected chi connectivity index (χ0v) is 14.2. The molecular weight excluding hydrogens is 296 g/mol. The fourth-order valence-electron chi connectivity index (χ4n) is 3.37. The fraction of sp³-hybridized carbons (Fsp3) is 0.529. The van der Waals surface area contributed by atoms with Crippen molar-refractivity contribution >= 4 is 17.2 Å². The Balaban J connectivity index is 1.70. The number of nitrogens with zero attached hydrogens (tertiary/aromatic N) is 2. The Morgan fingerprint density at radius 1 is 1.50 bits per heavy atom. The molecule has 118 valence electrons. The summed E-state index contributed by atoms with van der Waals surface area (Å²) in [5.74, 6) is 1.07. The highest BCUT2D eigenvalue weighted by atomic mass is 32.1. The van der Waals surface area contributed by atoms with Gasteiger partial charge in [-0.25, -0.2) is 0 Å². The van der Waals surface area contributed by atoms with E-state index in [0.717, 1.165) is 36.4 Å². The minimum Gasteiger partial charge on any atom is -0.361 e. The van der Waals surface area contributed by atoms with Gasteiger partial charge < -0.3 is 9.42 Å². The predicted octanol–water partition coefficient (Wildman–Crippen LogP) is 3.82. The lowest BCUT2D eigenvalue weighted by Gasteiger charge is -2.35. The highest BCUT2D eigenvalue weighted by molar-refractivity contribution is 7.10. The highest BCUT2D eigenvalue weighted by Gasteiger charge is 2.30. The summed E-state index contributed by atoms with van der Waals surface area (Å²) in [5, 5.41) is 6.11. The number of fused-ring (bicyclic) bond motifs is 1. The first-order valence-corrected chi connectivity index (χ1v) is 8.77. The second-order valence-corrected chi connectivity index (χ2v) is 6.86. The molecule has 0 unspecified atom stereocenters. The predicted molar refractivity (Wildman–Crippen MR) is 87.1 cm³/mol. The summed E-state index contributed by atoms with van der Waals surface area (Å²) in [6, 6.07) is 2.43. The number of carbonyl (C=O) groups is 1. The molecule has 0 fully saturated rings. The maximum absolute atomic E-state index is 12.7. The lowest BCUT2D eigenvalue weighted by atomic mass is 9.97. The first kappa shape index (κ1) is 15.3. The van der Waals surface area contributed by atoms with Gasteiger partial charge in [-0.1, -0.05) is 12.1 Å². The standard InChI is InChI=1S/C17H22N2O2S/c1-4-15-14-8-10-22-16(14)7-9-19(15)17(20)6-5-13-11(2)18-21-12(13)3/h8,10,15H,4-7,9H2,1-3H3/t15-/m0/s1. The number of carbonyl (C=O) groups excluding carboxylic acids is 1. The van der Waals surface area contributed by atoms with Crippen LogP contribution >= 0.6 is 11.3 Å². The van der Waals surface area contributed by atoms with Crippen LogP contribution in [0.25, 0.3) is 0 Å². The van der Waals surface area contributed by atoms with Gasteiger partial charge in [-0.15, -0.1) is 11.3 Å². The normalized spacial score (nSPS) is 17.6. The van der Waals surface area contributed by atoms with Gasteiger partial charge in [0.05, 0.1) is 11.7 Å². The summed E-state index contributed by atoms with van der Waals surface area (Å²) < 4.78 is 5.18. The maximum Gasteiger partial charge on any atom is 0.223 e. The molecule has 0 aromatic carbocycles. The van der Waals surface area contributed by atoms with Crippen molar-refractivity contribution in [2.45, 2.75) is 52.5 Å². The van der Waals surface area contributed by atoms with E-state index in [1.165, 1.54) is 10.4 Å². The molecule has 1 aliphatic heterocycles. The van der Waals surface area contributed by atoms with Gasteiger partial charge in [-0.05, 0) is 50.1 Å². The van der Waals surface area contributed by atoms with E-state index in [1.807, 2.05) is 25.2 Å². The van der Waals surface area contributed by atoms with Crippen molar-refractivity contribution in [2.24, 2.45) is 0 Å². The molecular formula is C17H22N2O2S. The van der Waals surface area contributed by atoms with E-state index in [2.05, 4.69) is 28.4 Å². The van der Waals surface area contributed by atoms with Crippen LogP contribution in [0.15, 0.2) is 16.0 Å². The summed E-state index contributed by atoms with van der Waals surface area (Å²) in [5.41, 5.74) is 3.33. The van der Waals surface area contributed by atoms with Crippen molar-refractivity contribution in [3.8, 4) is 0 Å². The number of rotatable bonds is 4. The molecule has 2 aromatic heterocycles. The molecule has 1 atom stereocenters. The van der Waals surface area contributed by atoms with Gasteiger partial charge in [0.25, 0.3) is 0 Å². The average molecular weight is 318 g/mol. The molecule has 1 amide bonds. The smallest absolute Gasteiger partial charge is 0.223 e. The monoisotopic (exact) mass is 318 g/mol. The lowest BCUT2D eigenvalue weighted by molar-refractivity contribution is -0.134. The summed E-state index contributed by atoms with van der Waals surface area (Å²) >= 11 is 1.81. The van der Waals surface area contributed by atoms with Crippen LogP contribution in [0, 0.1) is 13.8 Å². The molecule has 3 heterocycles. The largest absolute Gasteiger partial charge is 0.361 e. The molecule has 0 spiro atoms. The molecule has 5 heteroatoms. The van der Waals surface area contributed by atoms with Crippen LogP contribution in [0.1, 0.15) is 53.3 Å². The van der Waals surface area contributed by atoms with Crippen LogP contribution in [0.4, 0.5) is 0 Å². The van der Waals surface area contributed by atoms with Crippen LogP contribution in [-0.4, -0.2) is 22.5 Å². The SMILES string of the molecule is CC[C@H]1c2ccsc2CCN1C(=O)CCc1c(C)noc1C. The molecule has 3 rings (SSSR count). The van der Waals surface area contributed by atoms with Crippen LogP contribution < -0.4 is 0 Å². The van der Waals surface area contributed by atoms with E-state index in [9.17, 15) is 4.79 Å². The zero-order valence-electron chi connectivity index (χ0n) is 13.4. The topological polar surface area (TPSA) is 46.3 Å². The molecule has 0 radical (unpaired) electrons. The third-order valence-corrected chi connectivity index (χ3v) is 5.57. The Bertz CT molecular complexity index is 655. The van der Waals surface area contributed by atoms with Gasteiger partial charge in [-0.2, -0.15) is 0 Å². The summed E-state index contributed by atoms with van der Waals surface area (Å²) in [7, 11) is 0. The quantitative estimate of drug-likeness (QED) is 0.861. The van der Waals surface area contributed by atoms with E-state index in [0.29, 0.717) is 12.8 Å². The molecule has 4 nitrogen and oxygen atoms in total. The van der Waals surface area contributed by atoms with Crippen molar-refractivity contribution in [3.63, 3.8) is 0 Å². The van der Waals surface area contributed by atoms with Crippen LogP contribution in [0.5, 0.6) is 0 Å². The van der Waals surface area contributed by atoms with Gasteiger partial charge >= 0.3 is 0 Å². The lowest BCUT2D eigenvalue weighted by Crippen LogP contribution is -2.39. The number of amides is 1. The number of hydrogen-bond donors (Lipinski definition) is 0. The van der Waals surface area contributed by atoms with E-state index >= 15 is 0 Å². The highest BCUT2D eigenvalue weighted by Crippen LogP contribution is 2.35. The molecule has 0 saturated heterocycles. The number of aryl methyl sites for hydroxylation is 2. The van der Waals surface area contributed by atoms with Gasteiger partial charge in [-0.3, -0.25) is 4.79 Å². The number of aromatic nitrogens is 1. The summed E-state index contributed by atoms with van der Waals surface area (Å²) in [6.45, 7) is 6.84. The minimum atomic E-state index is 0.240. The van der Waals surface area contributed by atoms with E-state index in [1.54, 1.807) is 0 Å². The van der Waals surface area contributed by atoms with Crippen molar-refractivity contribution in [1.82, 2.24) is 10.1 Å². The van der Waals surface area contributed by atoms with E-state index in [4.69, 9.17) is 4.52 Å². The molecule has 0 saturated carbocycles. The van der Waals surface area contributed by atoms with Crippen LogP contribution in [-0.2, 0) is 17.6 Å². The molecule has 2 aromatic rings. The zero-order chi connectivity index (χ0) is 15.7. The third kappa shape index (κ3) is 2.70. The van der Waals surface area contributed by atoms with Crippen LogP contribution in [0.2, 0.25) is 0 Å². The molecule has 0 N–H and O–H groups in total. The molecule has 0 aliphatic carbocycles. The van der Waals surface area contributed by atoms with Crippen molar-refractivity contribution < 1.29 is 9.32 Å². The van der Waals surface area contributed by atoms with Gasteiger partial charge in [0.1, 0.15) is 5.76 Å². The average Bonchev–Trinajstić information content (AvgIpc) is 3.11. The Morgan fingerprint density at radius 3 is 3.00 bits per heavy atom. The summed E-state index contributed by atoms with van der Waals surface area (Å²) in [6.07, 6.45) is 3.20. The minimum absolute atomic E-state index is 0.240. The Kier molecular flexibility index (Phi) is 4.34. The van der Waals surface area contributed by atoms with E-state index < -0.39 is 0 Å². The van der Waals surface area contributed by atoms with Gasteiger partial charge in [0, 0.05) is 23.4 Å². The number of thiophene rings is 1. The maximum atomic E-state index is 12.7. The van der Waals surface area contributed by atoms with Gasteiger partial charge in [0.2, 0.25) is 5.91 Å². The third-order valence-electron chi connectivity index (χ3n) is 4.57. The summed E-state index contributed by atoms with van der Waals surface area (Å²) in [4.78, 5) is 16.2. The fourth-order valence-corrected chi connectivity index (χ4v) is 4.30. The molecule has 0 bridgehead atoms. The second-order valence-electron chi connectivity index (χ2n) is 5.86.